The number of hydrogen-bond donors (Lipinski definition) is 4. The number of rotatable bonds is 3. The third-order valence-electron chi connectivity index (χ3n) is 4.04. The number of ether oxygens (including phenoxy) is 2. The van der Waals surface area contributed by atoms with Gasteiger partial charge in [-0.15, -0.1) is 0 Å². The Balaban J connectivity index is 0.000000399. The van der Waals surface area contributed by atoms with Gasteiger partial charge in [0.25, 0.3) is 5.91 Å². The maximum absolute atomic E-state index is 11.7. The number of para-hydroxylation sites is 1. The second kappa shape index (κ2) is 10.9. The number of hydrogen-bond acceptors (Lipinski definition) is 6. The van der Waals surface area contributed by atoms with Crippen molar-refractivity contribution in [2.75, 3.05) is 0 Å². The fourth-order valence-electron chi connectivity index (χ4n) is 2.87. The lowest BCUT2D eigenvalue weighted by Crippen LogP contribution is -2.41. The van der Waals surface area contributed by atoms with Gasteiger partial charge in [0.05, 0.1) is 5.56 Å². The maximum Gasteiger partial charge on any atom is 0.407 e. The summed E-state index contributed by atoms with van der Waals surface area (Å²) in [6.07, 6.45) is 1.51. The molecule has 0 spiro atoms. The second-order valence-electron chi connectivity index (χ2n) is 9.38. The third-order valence-corrected chi connectivity index (χ3v) is 4.04. The minimum atomic E-state index is -0.613. The smallest absolute Gasteiger partial charge is 0.407 e. The van der Waals surface area contributed by atoms with Gasteiger partial charge in [-0.25, -0.2) is 9.59 Å². The quantitative estimate of drug-likeness (QED) is 0.571. The molecule has 5 N–H and O–H groups in total. The fraction of sp³-hybridized carbons (Fsp3) is 0.591. The molecule has 3 amide bonds. The van der Waals surface area contributed by atoms with Gasteiger partial charge in [0.15, 0.2) is 0 Å². The Morgan fingerprint density at radius 1 is 0.903 bits per heavy atom. The third kappa shape index (κ3) is 11.1. The normalized spacial score (nSPS) is 18.3. The Labute approximate surface area is 183 Å². The molecule has 1 aromatic carbocycles. The molecule has 0 heterocycles. The minimum Gasteiger partial charge on any atom is -0.507 e. The zero-order chi connectivity index (χ0) is 23.8. The molecule has 1 fully saturated rings. The molecule has 2 unspecified atom stereocenters. The van der Waals surface area contributed by atoms with Gasteiger partial charge in [0, 0.05) is 12.1 Å². The second-order valence-corrected chi connectivity index (χ2v) is 9.38. The first-order valence-electron chi connectivity index (χ1n) is 10.2. The van der Waals surface area contributed by atoms with E-state index in [0.717, 1.165) is 12.8 Å². The predicted octanol–water partition coefficient (Wildman–Crippen LogP) is 3.45. The van der Waals surface area contributed by atoms with E-state index in [2.05, 4.69) is 10.6 Å². The number of benzene rings is 1. The molecular weight excluding hydrogens is 402 g/mol. The highest BCUT2D eigenvalue weighted by Crippen LogP contribution is 2.20. The molecule has 31 heavy (non-hydrogen) atoms. The highest BCUT2D eigenvalue weighted by Gasteiger charge is 2.29. The predicted molar refractivity (Wildman–Crippen MR) is 117 cm³/mol. The first-order chi connectivity index (χ1) is 14.2. The minimum absolute atomic E-state index is 0.0276. The van der Waals surface area contributed by atoms with E-state index in [1.165, 1.54) is 12.1 Å². The van der Waals surface area contributed by atoms with Crippen LogP contribution in [0.15, 0.2) is 24.3 Å². The summed E-state index contributed by atoms with van der Waals surface area (Å²) in [5, 5.41) is 14.6. The van der Waals surface area contributed by atoms with E-state index >= 15 is 0 Å². The van der Waals surface area contributed by atoms with Crippen LogP contribution in [0.2, 0.25) is 0 Å². The van der Waals surface area contributed by atoms with E-state index in [-0.39, 0.29) is 23.4 Å². The first-order valence-corrected chi connectivity index (χ1v) is 10.2. The van der Waals surface area contributed by atoms with Gasteiger partial charge in [-0.2, -0.15) is 0 Å². The van der Waals surface area contributed by atoms with Crippen molar-refractivity contribution in [3.63, 3.8) is 0 Å². The van der Waals surface area contributed by atoms with Gasteiger partial charge >= 0.3 is 12.2 Å². The van der Waals surface area contributed by atoms with Crippen molar-refractivity contribution in [3.8, 4) is 5.75 Å². The largest absolute Gasteiger partial charge is 0.507 e. The molecule has 0 bridgehead atoms. The number of alkyl carbamates (subject to hydrolysis) is 2. The molecule has 0 saturated heterocycles. The SMILES string of the molecule is CC(C)(C)OC(=O)NC1CCC(NC(=O)OC(C)(C)C)C1.NC(=O)c1ccccc1O. The van der Waals surface area contributed by atoms with Crippen molar-refractivity contribution in [2.45, 2.75) is 84.1 Å². The zero-order valence-corrected chi connectivity index (χ0v) is 19.2. The van der Waals surface area contributed by atoms with Crippen molar-refractivity contribution in [1.29, 1.82) is 0 Å². The van der Waals surface area contributed by atoms with E-state index in [9.17, 15) is 14.4 Å². The lowest BCUT2D eigenvalue weighted by atomic mass is 10.2. The van der Waals surface area contributed by atoms with Gasteiger partial charge in [-0.05, 0) is 72.9 Å². The summed E-state index contributed by atoms with van der Waals surface area (Å²) in [4.78, 5) is 33.9. The van der Waals surface area contributed by atoms with Crippen LogP contribution in [-0.2, 0) is 9.47 Å². The molecule has 0 aliphatic heterocycles. The van der Waals surface area contributed by atoms with E-state index in [0.29, 0.717) is 6.42 Å². The summed E-state index contributed by atoms with van der Waals surface area (Å²) < 4.78 is 10.4. The van der Waals surface area contributed by atoms with E-state index in [1.807, 2.05) is 41.5 Å². The number of carbonyl (C=O) groups is 3. The van der Waals surface area contributed by atoms with Crippen LogP contribution in [0.25, 0.3) is 0 Å². The molecule has 2 atom stereocenters. The van der Waals surface area contributed by atoms with Gasteiger partial charge < -0.3 is 30.9 Å². The molecule has 0 aromatic heterocycles. The first kappa shape index (κ1) is 26.1. The van der Waals surface area contributed by atoms with Crippen molar-refractivity contribution in [3.05, 3.63) is 29.8 Å². The van der Waals surface area contributed by atoms with Crippen LogP contribution in [0, 0.1) is 0 Å². The van der Waals surface area contributed by atoms with E-state index in [4.69, 9.17) is 20.3 Å². The van der Waals surface area contributed by atoms with Gasteiger partial charge in [-0.1, -0.05) is 12.1 Å². The molecule has 1 aliphatic carbocycles. The molecule has 0 radical (unpaired) electrons. The summed E-state index contributed by atoms with van der Waals surface area (Å²) in [5.41, 5.74) is 4.06. The average Bonchev–Trinajstić information content (AvgIpc) is 2.98. The van der Waals surface area contributed by atoms with Crippen molar-refractivity contribution >= 4 is 18.1 Å². The van der Waals surface area contributed by atoms with Crippen LogP contribution < -0.4 is 16.4 Å². The molecular formula is C22H35N3O6. The summed E-state index contributed by atoms with van der Waals surface area (Å²) in [5.74, 6) is -0.687. The van der Waals surface area contributed by atoms with E-state index < -0.39 is 29.3 Å². The van der Waals surface area contributed by atoms with Crippen molar-refractivity contribution in [1.82, 2.24) is 10.6 Å². The molecule has 9 nitrogen and oxygen atoms in total. The van der Waals surface area contributed by atoms with Crippen LogP contribution in [0.4, 0.5) is 9.59 Å². The van der Waals surface area contributed by atoms with Crippen molar-refractivity contribution < 1.29 is 29.0 Å². The Bertz CT molecular complexity index is 731. The molecule has 9 heteroatoms. The van der Waals surface area contributed by atoms with Crippen LogP contribution in [0.5, 0.6) is 5.75 Å². The topological polar surface area (TPSA) is 140 Å². The number of nitrogens with one attached hydrogen (secondary N) is 2. The maximum atomic E-state index is 11.7. The zero-order valence-electron chi connectivity index (χ0n) is 19.2. The number of primary amides is 1. The highest BCUT2D eigenvalue weighted by atomic mass is 16.6. The lowest BCUT2D eigenvalue weighted by Gasteiger charge is -2.22. The van der Waals surface area contributed by atoms with Crippen LogP contribution >= 0.6 is 0 Å². The number of nitrogens with two attached hydrogens (primary N) is 1. The number of amides is 3. The van der Waals surface area contributed by atoms with Gasteiger partial charge in [-0.3, -0.25) is 4.79 Å². The van der Waals surface area contributed by atoms with Crippen LogP contribution in [0.1, 0.15) is 71.2 Å². The Hall–Kier alpha value is -2.97. The van der Waals surface area contributed by atoms with Gasteiger partial charge in [0.1, 0.15) is 17.0 Å². The van der Waals surface area contributed by atoms with Crippen molar-refractivity contribution in [2.24, 2.45) is 5.73 Å². The Morgan fingerprint density at radius 3 is 1.65 bits per heavy atom. The number of carbonyl (C=O) groups excluding carboxylic acids is 3. The van der Waals surface area contributed by atoms with E-state index in [1.54, 1.807) is 12.1 Å². The molecule has 1 aliphatic rings. The summed E-state index contributed by atoms with van der Waals surface area (Å²) in [6, 6.07) is 6.21. The summed E-state index contributed by atoms with van der Waals surface area (Å²) >= 11 is 0. The summed E-state index contributed by atoms with van der Waals surface area (Å²) in [6.45, 7) is 11.0. The average molecular weight is 438 g/mol. The van der Waals surface area contributed by atoms with Crippen LogP contribution in [0.3, 0.4) is 0 Å². The lowest BCUT2D eigenvalue weighted by molar-refractivity contribution is 0.0503. The molecule has 2 rings (SSSR count). The number of phenols is 1. The summed E-state index contributed by atoms with van der Waals surface area (Å²) in [7, 11) is 0. The monoisotopic (exact) mass is 437 g/mol. The number of aromatic hydroxyl groups is 1. The standard InChI is InChI=1S/C15H28N2O4.C7H7NO2/c1-14(2,3)20-12(18)16-10-7-8-11(9-10)17-13(19)21-15(4,5)6;8-7(10)5-3-1-2-4-6(5)9/h10-11H,7-9H2,1-6H3,(H,16,18)(H,17,19);1-4,9H,(H2,8,10). The highest BCUT2D eigenvalue weighted by molar-refractivity contribution is 5.95. The molecule has 1 saturated carbocycles. The Kier molecular flexibility index (Phi) is 9.15. The molecule has 174 valence electrons. The Morgan fingerprint density at radius 2 is 1.32 bits per heavy atom. The van der Waals surface area contributed by atoms with Gasteiger partial charge in [0.2, 0.25) is 0 Å². The van der Waals surface area contributed by atoms with Crippen LogP contribution in [-0.4, -0.2) is 46.5 Å². The molecule has 1 aromatic rings. The fourth-order valence-corrected chi connectivity index (χ4v) is 2.87.